The second kappa shape index (κ2) is 5.87. The van der Waals surface area contributed by atoms with Crippen LogP contribution in [-0.4, -0.2) is 31.7 Å². The number of hydrogen-bond donors (Lipinski definition) is 2. The topological polar surface area (TPSA) is 41.1 Å². The fourth-order valence-electron chi connectivity index (χ4n) is 0.575. The van der Waals surface area contributed by atoms with Crippen LogP contribution in [0, 0.1) is 0 Å². The van der Waals surface area contributed by atoms with Crippen molar-refractivity contribution < 1.29 is 18.0 Å². The first kappa shape index (κ1) is 13.2. The zero-order valence-electron chi connectivity index (χ0n) is 7.25. The summed E-state index contributed by atoms with van der Waals surface area (Å²) < 4.78 is 34.8. The molecular formula is C7H10ClF3N2O. The Morgan fingerprint density at radius 1 is 1.36 bits per heavy atom. The van der Waals surface area contributed by atoms with E-state index in [1.165, 1.54) is 0 Å². The first-order valence-electron chi connectivity index (χ1n) is 3.68. The molecule has 0 atom stereocenters. The predicted octanol–water partition coefficient (Wildman–Crippen LogP) is 1.01. The third kappa shape index (κ3) is 9.34. The van der Waals surface area contributed by atoms with Crippen molar-refractivity contribution >= 4 is 17.5 Å². The zero-order valence-corrected chi connectivity index (χ0v) is 8.00. The van der Waals surface area contributed by atoms with E-state index in [1.807, 2.05) is 5.32 Å². The van der Waals surface area contributed by atoms with Crippen LogP contribution < -0.4 is 10.6 Å². The van der Waals surface area contributed by atoms with E-state index in [0.717, 1.165) is 0 Å². The van der Waals surface area contributed by atoms with E-state index in [9.17, 15) is 18.0 Å². The van der Waals surface area contributed by atoms with E-state index in [4.69, 9.17) is 11.6 Å². The van der Waals surface area contributed by atoms with Gasteiger partial charge in [0.15, 0.2) is 0 Å². The van der Waals surface area contributed by atoms with Gasteiger partial charge in [-0.15, -0.1) is 0 Å². The van der Waals surface area contributed by atoms with Gasteiger partial charge in [0.05, 0.1) is 19.6 Å². The summed E-state index contributed by atoms with van der Waals surface area (Å²) in [5.41, 5.74) is 0. The number of halogens is 4. The van der Waals surface area contributed by atoms with Gasteiger partial charge in [0.25, 0.3) is 0 Å². The molecule has 0 rings (SSSR count). The summed E-state index contributed by atoms with van der Waals surface area (Å²) >= 11 is 5.32. The first-order valence-corrected chi connectivity index (χ1v) is 4.06. The number of hydrogen-bond acceptors (Lipinski definition) is 2. The molecule has 1 amide bonds. The molecule has 0 aromatic rings. The van der Waals surface area contributed by atoms with Gasteiger partial charge in [-0.2, -0.15) is 13.2 Å². The Balaban J connectivity index is 3.50. The van der Waals surface area contributed by atoms with Gasteiger partial charge in [-0.25, -0.2) is 0 Å². The molecule has 0 saturated carbocycles. The molecule has 3 nitrogen and oxygen atoms in total. The van der Waals surface area contributed by atoms with Gasteiger partial charge in [0.1, 0.15) is 0 Å². The maximum absolute atomic E-state index is 11.6. The summed E-state index contributed by atoms with van der Waals surface area (Å²) in [6, 6.07) is 0. The van der Waals surface area contributed by atoms with Crippen molar-refractivity contribution in [3.63, 3.8) is 0 Å². The Morgan fingerprint density at radius 2 is 1.93 bits per heavy atom. The van der Waals surface area contributed by atoms with Crippen molar-refractivity contribution in [2.45, 2.75) is 6.18 Å². The number of nitrogens with one attached hydrogen (secondary N) is 2. The molecule has 0 saturated heterocycles. The molecule has 0 aliphatic rings. The van der Waals surface area contributed by atoms with Gasteiger partial charge in [-0.3, -0.25) is 4.79 Å². The fraction of sp³-hybridized carbons (Fsp3) is 0.571. The van der Waals surface area contributed by atoms with Gasteiger partial charge in [-0.05, 0) is 0 Å². The summed E-state index contributed by atoms with van der Waals surface area (Å²) in [6.45, 7) is 1.76. The van der Waals surface area contributed by atoms with E-state index in [-0.39, 0.29) is 11.6 Å². The third-order valence-electron chi connectivity index (χ3n) is 1.09. The monoisotopic (exact) mass is 230 g/mol. The molecule has 0 fully saturated rings. The molecule has 0 spiro atoms. The van der Waals surface area contributed by atoms with Crippen molar-refractivity contribution in [2.24, 2.45) is 0 Å². The minimum absolute atomic E-state index is 0.0497. The van der Waals surface area contributed by atoms with E-state index < -0.39 is 25.2 Å². The predicted molar refractivity (Wildman–Crippen MR) is 46.9 cm³/mol. The second-order valence-electron chi connectivity index (χ2n) is 2.51. The summed E-state index contributed by atoms with van der Waals surface area (Å²) in [6.07, 6.45) is -4.31. The maximum atomic E-state index is 11.6. The Labute approximate surface area is 84.3 Å². The summed E-state index contributed by atoms with van der Waals surface area (Å²) in [4.78, 5) is 10.8. The lowest BCUT2D eigenvalue weighted by Crippen LogP contribution is -2.38. The van der Waals surface area contributed by atoms with Gasteiger partial charge in [-0.1, -0.05) is 18.2 Å². The average Bonchev–Trinajstić information content (AvgIpc) is 1.98. The van der Waals surface area contributed by atoms with Crippen molar-refractivity contribution in [2.75, 3.05) is 19.6 Å². The highest BCUT2D eigenvalue weighted by molar-refractivity contribution is 6.29. The fourth-order valence-corrected chi connectivity index (χ4v) is 0.642. The van der Waals surface area contributed by atoms with Gasteiger partial charge in [0.2, 0.25) is 5.91 Å². The summed E-state index contributed by atoms with van der Waals surface area (Å²) in [7, 11) is 0. The quantitative estimate of drug-likeness (QED) is 0.740. The third-order valence-corrected chi connectivity index (χ3v) is 1.22. The van der Waals surface area contributed by atoms with E-state index in [0.29, 0.717) is 0 Å². The Hall–Kier alpha value is -0.750. The lowest BCUT2D eigenvalue weighted by molar-refractivity contribution is -0.128. The number of carbonyl (C=O) groups is 1. The number of carbonyl (C=O) groups excluding carboxylic acids is 1. The van der Waals surface area contributed by atoms with Crippen molar-refractivity contribution in [1.82, 2.24) is 10.6 Å². The first-order chi connectivity index (χ1) is 6.31. The number of amides is 1. The van der Waals surface area contributed by atoms with Gasteiger partial charge >= 0.3 is 6.18 Å². The molecule has 0 unspecified atom stereocenters. The average molecular weight is 231 g/mol. The van der Waals surface area contributed by atoms with Crippen LogP contribution in [0.1, 0.15) is 0 Å². The maximum Gasteiger partial charge on any atom is 0.401 e. The van der Waals surface area contributed by atoms with Crippen LogP contribution >= 0.6 is 11.6 Å². The molecule has 0 aromatic carbocycles. The molecule has 2 N–H and O–H groups in total. The SMILES string of the molecule is C=C(Cl)CNC(=O)CNCC(F)(F)F. The molecule has 0 heterocycles. The van der Waals surface area contributed by atoms with Crippen molar-refractivity contribution in [1.29, 1.82) is 0 Å². The number of rotatable bonds is 5. The largest absolute Gasteiger partial charge is 0.401 e. The molecule has 82 valence electrons. The lowest BCUT2D eigenvalue weighted by Gasteiger charge is -2.08. The normalized spacial score (nSPS) is 11.1. The minimum atomic E-state index is -4.31. The van der Waals surface area contributed by atoms with Crippen LogP contribution in [0.3, 0.4) is 0 Å². The van der Waals surface area contributed by atoms with Crippen LogP contribution in [0.25, 0.3) is 0 Å². The van der Waals surface area contributed by atoms with E-state index in [1.54, 1.807) is 0 Å². The van der Waals surface area contributed by atoms with Crippen LogP contribution in [0.5, 0.6) is 0 Å². The number of alkyl halides is 3. The molecular weight excluding hydrogens is 221 g/mol. The van der Waals surface area contributed by atoms with Crippen molar-refractivity contribution in [3.8, 4) is 0 Å². The van der Waals surface area contributed by atoms with Crippen molar-refractivity contribution in [3.05, 3.63) is 11.6 Å². The molecule has 0 bridgehead atoms. The van der Waals surface area contributed by atoms with Crippen LogP contribution in [0.15, 0.2) is 11.6 Å². The minimum Gasteiger partial charge on any atom is -0.350 e. The molecule has 7 heteroatoms. The van der Waals surface area contributed by atoms with E-state index in [2.05, 4.69) is 11.9 Å². The Bertz CT molecular complexity index is 217. The molecule has 0 aliphatic heterocycles. The van der Waals surface area contributed by atoms with Gasteiger partial charge < -0.3 is 10.6 Å². The lowest BCUT2D eigenvalue weighted by atomic mass is 10.5. The summed E-state index contributed by atoms with van der Waals surface area (Å²) in [5, 5.41) is 4.42. The Kier molecular flexibility index (Phi) is 5.56. The molecule has 0 radical (unpaired) electrons. The second-order valence-corrected chi connectivity index (χ2v) is 3.05. The summed E-state index contributed by atoms with van der Waals surface area (Å²) in [5.74, 6) is -0.559. The molecule has 0 aromatic heterocycles. The van der Waals surface area contributed by atoms with E-state index >= 15 is 0 Å². The smallest absolute Gasteiger partial charge is 0.350 e. The van der Waals surface area contributed by atoms with Gasteiger partial charge in [0, 0.05) is 5.03 Å². The highest BCUT2D eigenvalue weighted by Gasteiger charge is 2.26. The molecule has 14 heavy (non-hydrogen) atoms. The zero-order chi connectivity index (χ0) is 11.2. The molecule has 0 aliphatic carbocycles. The van der Waals surface area contributed by atoms with Crippen LogP contribution in [0.2, 0.25) is 0 Å². The standard InChI is InChI=1S/C7H10ClF3N2O/c1-5(8)2-13-6(14)3-12-4-7(9,10)11/h12H,1-4H2,(H,13,14). The van der Waals surface area contributed by atoms with Crippen LogP contribution in [0.4, 0.5) is 13.2 Å². The highest BCUT2D eigenvalue weighted by Crippen LogP contribution is 2.11. The van der Waals surface area contributed by atoms with Crippen LogP contribution in [-0.2, 0) is 4.79 Å². The Morgan fingerprint density at radius 3 is 2.36 bits per heavy atom. The highest BCUT2D eigenvalue weighted by atomic mass is 35.5.